The third-order valence-electron chi connectivity index (χ3n) is 5.53. The molecule has 2 aromatic rings. The van der Waals surface area contributed by atoms with Crippen LogP contribution < -0.4 is 11.1 Å². The fourth-order valence-electron chi connectivity index (χ4n) is 4.21. The number of aromatic carboxylic acids is 1. The van der Waals surface area contributed by atoms with Crippen molar-refractivity contribution in [3.8, 4) is 0 Å². The van der Waals surface area contributed by atoms with E-state index < -0.39 is 18.0 Å². The topological polar surface area (TPSA) is 118 Å². The van der Waals surface area contributed by atoms with E-state index in [1.54, 1.807) is 23.6 Å². The zero-order chi connectivity index (χ0) is 21.6. The summed E-state index contributed by atoms with van der Waals surface area (Å²) < 4.78 is 2.42. The predicted octanol–water partition coefficient (Wildman–Crippen LogP) is 2.83. The van der Waals surface area contributed by atoms with Gasteiger partial charge in [-0.1, -0.05) is 15.9 Å². The zero-order valence-corrected chi connectivity index (χ0v) is 17.9. The Morgan fingerprint density at radius 3 is 2.60 bits per heavy atom. The summed E-state index contributed by atoms with van der Waals surface area (Å²) in [7, 11) is 0. The number of rotatable bonds is 5. The minimum Gasteiger partial charge on any atom is -0.478 e. The summed E-state index contributed by atoms with van der Waals surface area (Å²) in [6.07, 6.45) is 2.60. The van der Waals surface area contributed by atoms with Crippen LogP contribution in [-0.2, 0) is 9.59 Å². The number of carbonyl (C=O) groups is 3. The van der Waals surface area contributed by atoms with Crippen LogP contribution in [0.1, 0.15) is 46.3 Å². The molecular formula is C21H21BrN4O4. The lowest BCUT2D eigenvalue weighted by atomic mass is 10.0. The molecule has 2 aliphatic heterocycles. The maximum absolute atomic E-state index is 12.7. The molecule has 1 aromatic carbocycles. The minimum absolute atomic E-state index is 0.0155. The van der Waals surface area contributed by atoms with Gasteiger partial charge in [0, 0.05) is 34.5 Å². The maximum Gasteiger partial charge on any atom is 0.337 e. The zero-order valence-electron chi connectivity index (χ0n) is 16.3. The number of nitrogens with one attached hydrogen (secondary N) is 1. The molecule has 0 bridgehead atoms. The first-order valence-corrected chi connectivity index (χ1v) is 10.4. The van der Waals surface area contributed by atoms with Crippen LogP contribution in [0.2, 0.25) is 0 Å². The number of likely N-dealkylation sites (tertiary alicyclic amines) is 1. The fraction of sp³-hybridized carbons (Fsp3) is 0.286. The predicted molar refractivity (Wildman–Crippen MR) is 116 cm³/mol. The number of carboxylic acids is 1. The number of hydrogen-bond acceptors (Lipinski definition) is 4. The Hall–Kier alpha value is -2.91. The Bertz CT molecular complexity index is 1100. The van der Waals surface area contributed by atoms with Crippen molar-refractivity contribution in [2.45, 2.75) is 25.9 Å². The number of carboxylic acid groups (broad SMARTS) is 1. The van der Waals surface area contributed by atoms with Gasteiger partial charge in [-0.25, -0.2) is 4.79 Å². The van der Waals surface area contributed by atoms with Crippen molar-refractivity contribution < 1.29 is 19.5 Å². The molecule has 0 radical (unpaired) electrons. The van der Waals surface area contributed by atoms with Gasteiger partial charge in [-0.15, -0.1) is 0 Å². The molecule has 0 spiro atoms. The number of benzene rings is 1. The molecule has 4 N–H and O–H groups in total. The standard InChI is InChI=1S/C21H21BrN4O4/c1-11-8-15(21(29)30)17(26(11)20(18(23)27)25-6-2-3-7-25)10-14-13-9-12(22)4-5-16(13)24-19(14)28/h4-5,8-10,20H,2-3,6-7H2,1H3,(H2,23,27)(H,24,28)(H,29,30). The molecular weight excluding hydrogens is 452 g/mol. The number of amides is 2. The third kappa shape index (κ3) is 3.44. The van der Waals surface area contributed by atoms with Crippen molar-refractivity contribution in [2.24, 2.45) is 5.73 Å². The van der Waals surface area contributed by atoms with Gasteiger partial charge >= 0.3 is 5.97 Å². The number of primary amides is 1. The van der Waals surface area contributed by atoms with Crippen LogP contribution in [0.5, 0.6) is 0 Å². The number of carbonyl (C=O) groups excluding carboxylic acids is 2. The van der Waals surface area contributed by atoms with Gasteiger partial charge in [0.05, 0.1) is 16.8 Å². The van der Waals surface area contributed by atoms with Crippen LogP contribution in [0.15, 0.2) is 28.7 Å². The lowest BCUT2D eigenvalue weighted by Crippen LogP contribution is -2.40. The molecule has 3 heterocycles. The molecule has 1 atom stereocenters. The highest BCUT2D eigenvalue weighted by molar-refractivity contribution is 9.10. The first-order chi connectivity index (χ1) is 14.3. The van der Waals surface area contributed by atoms with E-state index in [9.17, 15) is 19.5 Å². The number of aryl methyl sites for hydroxylation is 1. The molecule has 2 amide bonds. The van der Waals surface area contributed by atoms with Gasteiger partial charge in [-0.2, -0.15) is 0 Å². The molecule has 4 rings (SSSR count). The second-order valence-corrected chi connectivity index (χ2v) is 8.40. The second kappa shape index (κ2) is 7.73. The monoisotopic (exact) mass is 472 g/mol. The SMILES string of the molecule is Cc1cc(C(=O)O)c(C=C2C(=O)Nc3ccc(Br)cc32)n1C(C(N)=O)N1CCCC1. The van der Waals surface area contributed by atoms with Gasteiger partial charge in [0.15, 0.2) is 6.17 Å². The molecule has 8 nitrogen and oxygen atoms in total. The summed E-state index contributed by atoms with van der Waals surface area (Å²) in [5.74, 6) is -2.03. The number of anilines is 1. The molecule has 30 heavy (non-hydrogen) atoms. The van der Waals surface area contributed by atoms with E-state index in [1.165, 1.54) is 12.1 Å². The van der Waals surface area contributed by atoms with E-state index in [-0.39, 0.29) is 17.2 Å². The average Bonchev–Trinajstić information content (AvgIpc) is 3.37. The minimum atomic E-state index is -1.14. The highest BCUT2D eigenvalue weighted by Crippen LogP contribution is 2.37. The quantitative estimate of drug-likeness (QED) is 0.578. The number of nitrogens with zero attached hydrogens (tertiary/aromatic N) is 2. The summed E-state index contributed by atoms with van der Waals surface area (Å²) in [5.41, 5.74) is 8.26. The molecule has 0 aliphatic carbocycles. The van der Waals surface area contributed by atoms with E-state index in [4.69, 9.17) is 5.73 Å². The number of hydrogen-bond donors (Lipinski definition) is 3. The van der Waals surface area contributed by atoms with Crippen LogP contribution in [0.4, 0.5) is 5.69 Å². The van der Waals surface area contributed by atoms with Crippen LogP contribution in [-0.4, -0.2) is 45.4 Å². The van der Waals surface area contributed by atoms with E-state index in [0.29, 0.717) is 35.6 Å². The van der Waals surface area contributed by atoms with Crippen LogP contribution >= 0.6 is 15.9 Å². The summed E-state index contributed by atoms with van der Waals surface area (Å²) in [6.45, 7) is 3.12. The van der Waals surface area contributed by atoms with Gasteiger partial charge in [-0.05, 0) is 50.1 Å². The molecule has 9 heteroatoms. The lowest BCUT2D eigenvalue weighted by molar-refractivity contribution is -0.126. The van der Waals surface area contributed by atoms with E-state index in [1.807, 2.05) is 11.0 Å². The highest BCUT2D eigenvalue weighted by Gasteiger charge is 2.33. The number of aromatic nitrogens is 1. The molecule has 156 valence electrons. The third-order valence-corrected chi connectivity index (χ3v) is 6.02. The fourth-order valence-corrected chi connectivity index (χ4v) is 4.57. The molecule has 0 saturated carbocycles. The van der Waals surface area contributed by atoms with Crippen molar-refractivity contribution in [1.29, 1.82) is 0 Å². The molecule has 1 aromatic heterocycles. The smallest absolute Gasteiger partial charge is 0.337 e. The summed E-state index contributed by atoms with van der Waals surface area (Å²) in [5, 5.41) is 12.6. The molecule has 2 aliphatic rings. The van der Waals surface area contributed by atoms with Crippen LogP contribution in [0, 0.1) is 6.92 Å². The first-order valence-electron chi connectivity index (χ1n) is 9.59. The first kappa shape index (κ1) is 20.4. The van der Waals surface area contributed by atoms with E-state index in [0.717, 1.165) is 17.3 Å². The molecule has 1 fully saturated rings. The lowest BCUT2D eigenvalue weighted by Gasteiger charge is -2.28. The van der Waals surface area contributed by atoms with Crippen LogP contribution in [0.25, 0.3) is 11.6 Å². The van der Waals surface area contributed by atoms with Crippen molar-refractivity contribution in [2.75, 3.05) is 18.4 Å². The van der Waals surface area contributed by atoms with Crippen molar-refractivity contribution in [3.05, 3.63) is 51.3 Å². The number of fused-ring (bicyclic) bond motifs is 1. The summed E-state index contributed by atoms with van der Waals surface area (Å²) in [4.78, 5) is 39.0. The van der Waals surface area contributed by atoms with Gasteiger partial charge in [0.2, 0.25) is 0 Å². The Kier molecular flexibility index (Phi) is 5.25. The molecule has 1 unspecified atom stereocenters. The Morgan fingerprint density at radius 1 is 1.27 bits per heavy atom. The van der Waals surface area contributed by atoms with Gasteiger partial charge < -0.3 is 20.7 Å². The van der Waals surface area contributed by atoms with E-state index in [2.05, 4.69) is 21.2 Å². The van der Waals surface area contributed by atoms with E-state index >= 15 is 0 Å². The molecule has 1 saturated heterocycles. The summed E-state index contributed by atoms with van der Waals surface area (Å²) >= 11 is 3.41. The van der Waals surface area contributed by atoms with Crippen LogP contribution in [0.3, 0.4) is 0 Å². The largest absolute Gasteiger partial charge is 0.478 e. The Labute approximate surface area is 181 Å². The highest BCUT2D eigenvalue weighted by atomic mass is 79.9. The van der Waals surface area contributed by atoms with Crippen molar-refractivity contribution in [1.82, 2.24) is 9.47 Å². The Morgan fingerprint density at radius 2 is 1.97 bits per heavy atom. The summed E-state index contributed by atoms with van der Waals surface area (Å²) in [6, 6.07) is 6.90. The van der Waals surface area contributed by atoms with Gasteiger partial charge in [0.1, 0.15) is 0 Å². The van der Waals surface area contributed by atoms with Gasteiger partial charge in [-0.3, -0.25) is 14.5 Å². The second-order valence-electron chi connectivity index (χ2n) is 7.48. The normalized spacial score (nSPS) is 18.5. The maximum atomic E-state index is 12.7. The Balaban J connectivity index is 1.93. The van der Waals surface area contributed by atoms with Gasteiger partial charge in [0.25, 0.3) is 11.8 Å². The van der Waals surface area contributed by atoms with Crippen molar-refractivity contribution in [3.63, 3.8) is 0 Å². The average molecular weight is 473 g/mol. The van der Waals surface area contributed by atoms with Crippen molar-refractivity contribution >= 4 is 51.1 Å². The number of halogens is 1. The number of nitrogens with two attached hydrogens (primary N) is 1.